The molecule has 2 aliphatic heterocycles. The predicted octanol–water partition coefficient (Wildman–Crippen LogP) is 7.44. The zero-order valence-electron chi connectivity index (χ0n) is 26.8. The fraction of sp³-hybridized carbons (Fsp3) is 0.684. The second-order valence-corrected chi connectivity index (χ2v) is 14.3. The van der Waals surface area contributed by atoms with Gasteiger partial charge >= 0.3 is 5.97 Å². The molecule has 6 heteroatoms. The first-order valence-electron chi connectivity index (χ1n) is 17.8. The maximum Gasteiger partial charge on any atom is 0.311 e. The summed E-state index contributed by atoms with van der Waals surface area (Å²) >= 11 is 0. The minimum atomic E-state index is -0.817. The van der Waals surface area contributed by atoms with Gasteiger partial charge in [-0.05, 0) is 101 Å². The van der Waals surface area contributed by atoms with Crippen molar-refractivity contribution in [2.45, 2.75) is 146 Å². The van der Waals surface area contributed by atoms with Gasteiger partial charge in [0.2, 0.25) is 0 Å². The minimum absolute atomic E-state index is 0.0443. The van der Waals surface area contributed by atoms with Crippen molar-refractivity contribution in [2.24, 2.45) is 11.8 Å². The number of carbonyl (C=O) groups excluding carboxylic acids is 2. The number of Topliss-reactive ketones (excluding diaryl/α,β-unsaturated/α-hetero) is 1. The van der Waals surface area contributed by atoms with Crippen LogP contribution in [-0.2, 0) is 21.4 Å². The molecule has 1 aromatic rings. The number of nitrogens with one attached hydrogen (secondary N) is 1. The highest BCUT2D eigenvalue weighted by Gasteiger charge is 2.69. The lowest BCUT2D eigenvalue weighted by atomic mass is 9.49. The van der Waals surface area contributed by atoms with Crippen molar-refractivity contribution < 1.29 is 24.2 Å². The first-order chi connectivity index (χ1) is 21.4. The largest absolute Gasteiger partial charge is 0.485 e. The van der Waals surface area contributed by atoms with Crippen LogP contribution in [0.5, 0.6) is 11.5 Å². The number of carbonyl (C=O) groups is 2. The molecule has 6 rings (SSSR count). The Bertz CT molecular complexity index is 1250. The van der Waals surface area contributed by atoms with E-state index < -0.39 is 11.0 Å². The number of esters is 1. The second kappa shape index (κ2) is 13.9. The summed E-state index contributed by atoms with van der Waals surface area (Å²) in [7, 11) is 0. The monoisotopic (exact) mass is 603 g/mol. The van der Waals surface area contributed by atoms with Crippen LogP contribution in [0.3, 0.4) is 0 Å². The summed E-state index contributed by atoms with van der Waals surface area (Å²) in [4.78, 5) is 25.9. The molecular weight excluding hydrogens is 550 g/mol. The maximum atomic E-state index is 13.4. The fourth-order valence-electron chi connectivity index (χ4n) is 8.84. The van der Waals surface area contributed by atoms with Crippen molar-refractivity contribution in [1.82, 2.24) is 5.32 Å². The first kappa shape index (κ1) is 31.5. The van der Waals surface area contributed by atoms with Crippen LogP contribution in [0.15, 0.2) is 36.4 Å². The van der Waals surface area contributed by atoms with E-state index in [1.165, 1.54) is 37.7 Å². The number of ether oxygens (including phenoxy) is 2. The third kappa shape index (κ3) is 6.44. The summed E-state index contributed by atoms with van der Waals surface area (Å²) in [6, 6.07) is 4.04. The van der Waals surface area contributed by atoms with Crippen LogP contribution in [0.25, 0.3) is 0 Å². The lowest BCUT2D eigenvalue weighted by molar-refractivity contribution is -0.149. The van der Waals surface area contributed by atoms with Gasteiger partial charge in [-0.25, -0.2) is 0 Å². The van der Waals surface area contributed by atoms with Crippen molar-refractivity contribution in [3.8, 4) is 11.5 Å². The molecule has 2 heterocycles. The van der Waals surface area contributed by atoms with E-state index >= 15 is 0 Å². The van der Waals surface area contributed by atoms with Gasteiger partial charge in [0.1, 0.15) is 11.9 Å². The minimum Gasteiger partial charge on any atom is -0.485 e. The summed E-state index contributed by atoms with van der Waals surface area (Å²) in [6.07, 6.45) is 25.2. The van der Waals surface area contributed by atoms with E-state index in [4.69, 9.17) is 9.47 Å². The number of piperidine rings is 1. The average molecular weight is 604 g/mol. The topological polar surface area (TPSA) is 84.9 Å². The van der Waals surface area contributed by atoms with E-state index in [-0.39, 0.29) is 29.8 Å². The molecule has 3 fully saturated rings. The van der Waals surface area contributed by atoms with E-state index in [0.29, 0.717) is 36.7 Å². The molecule has 44 heavy (non-hydrogen) atoms. The molecule has 2 bridgehead atoms. The van der Waals surface area contributed by atoms with Crippen LogP contribution >= 0.6 is 0 Å². The van der Waals surface area contributed by atoms with Gasteiger partial charge in [0.05, 0.1) is 11.0 Å². The average Bonchev–Trinajstić information content (AvgIpc) is 3.74. The van der Waals surface area contributed by atoms with Crippen molar-refractivity contribution in [3.05, 3.63) is 47.6 Å². The highest BCUT2D eigenvalue weighted by molar-refractivity contribution is 5.79. The number of allylic oxidation sites excluding steroid dienone is 4. The van der Waals surface area contributed by atoms with E-state index in [9.17, 15) is 14.7 Å². The van der Waals surface area contributed by atoms with Crippen molar-refractivity contribution in [1.29, 1.82) is 0 Å². The van der Waals surface area contributed by atoms with Gasteiger partial charge in [0, 0.05) is 30.9 Å². The van der Waals surface area contributed by atoms with Gasteiger partial charge in [-0.15, -0.1) is 0 Å². The van der Waals surface area contributed by atoms with Crippen LogP contribution in [0.1, 0.15) is 127 Å². The number of ketones is 1. The highest BCUT2D eigenvalue weighted by atomic mass is 16.6. The Morgan fingerprint density at radius 2 is 1.98 bits per heavy atom. The lowest BCUT2D eigenvalue weighted by Crippen LogP contribution is -2.74. The number of benzene rings is 1. The van der Waals surface area contributed by atoms with Crippen LogP contribution in [0, 0.1) is 11.8 Å². The quantitative estimate of drug-likeness (QED) is 0.0833. The van der Waals surface area contributed by atoms with Crippen LogP contribution in [0.2, 0.25) is 0 Å². The van der Waals surface area contributed by atoms with Crippen molar-refractivity contribution in [3.63, 3.8) is 0 Å². The number of rotatable bonds is 17. The van der Waals surface area contributed by atoms with Crippen molar-refractivity contribution >= 4 is 11.8 Å². The fourth-order valence-corrected chi connectivity index (χ4v) is 8.84. The summed E-state index contributed by atoms with van der Waals surface area (Å²) in [6.45, 7) is 3.09. The molecule has 0 radical (unpaired) electrons. The molecule has 1 spiro atoms. The molecule has 3 aliphatic carbocycles. The first-order valence-corrected chi connectivity index (χ1v) is 17.8. The Balaban J connectivity index is 1.02. The third-order valence-electron chi connectivity index (χ3n) is 11.2. The zero-order valence-corrected chi connectivity index (χ0v) is 26.8. The Morgan fingerprint density at radius 1 is 1.11 bits per heavy atom. The summed E-state index contributed by atoms with van der Waals surface area (Å²) in [5.41, 5.74) is 1.10. The number of hydrogen-bond acceptors (Lipinski definition) is 6. The molecule has 2 unspecified atom stereocenters. The van der Waals surface area contributed by atoms with E-state index in [1.807, 2.05) is 12.1 Å². The van der Waals surface area contributed by atoms with Crippen LogP contribution in [-0.4, -0.2) is 41.2 Å². The molecule has 2 saturated carbocycles. The van der Waals surface area contributed by atoms with E-state index in [2.05, 4.69) is 36.5 Å². The summed E-state index contributed by atoms with van der Waals surface area (Å²) in [5, 5.41) is 15.6. The van der Waals surface area contributed by atoms with Gasteiger partial charge in [0.15, 0.2) is 11.5 Å². The van der Waals surface area contributed by atoms with E-state index in [0.717, 1.165) is 76.3 Å². The number of unbranched alkanes of at least 4 members (excludes halogenated alkanes) is 3. The normalized spacial score (nSPS) is 29.0. The predicted molar refractivity (Wildman–Crippen MR) is 173 cm³/mol. The smallest absolute Gasteiger partial charge is 0.311 e. The van der Waals surface area contributed by atoms with Gasteiger partial charge < -0.3 is 19.9 Å². The second-order valence-electron chi connectivity index (χ2n) is 14.3. The van der Waals surface area contributed by atoms with Gasteiger partial charge in [-0.3, -0.25) is 9.59 Å². The number of aliphatic hydroxyl groups is 1. The van der Waals surface area contributed by atoms with E-state index in [1.54, 1.807) is 0 Å². The molecule has 0 amide bonds. The van der Waals surface area contributed by atoms with Crippen molar-refractivity contribution in [2.75, 3.05) is 6.54 Å². The molecule has 1 aromatic carbocycles. The molecule has 2 N–H and O–H groups in total. The van der Waals surface area contributed by atoms with Crippen LogP contribution < -0.4 is 14.8 Å². The Labute approximate surface area is 264 Å². The number of hydrogen-bond donors (Lipinski definition) is 2. The zero-order chi connectivity index (χ0) is 30.6. The SMILES string of the molecule is CCCCC/C=C\C/C=C\CC(=O)CCCC(CC(=O)Oc1ccc2c3c1O[C@H]1CCC[C@@]4(O)C(C2)NCC[C@]314)CC1CC1. The molecule has 5 atom stereocenters. The molecule has 5 aliphatic rings. The van der Waals surface area contributed by atoms with Crippen LogP contribution in [0.4, 0.5) is 0 Å². The molecule has 1 saturated heterocycles. The van der Waals surface area contributed by atoms with Gasteiger partial charge in [0.25, 0.3) is 0 Å². The Morgan fingerprint density at radius 3 is 2.82 bits per heavy atom. The molecule has 240 valence electrons. The molecule has 0 aromatic heterocycles. The molecular formula is C38H53NO5. The maximum absolute atomic E-state index is 13.4. The van der Waals surface area contributed by atoms with Gasteiger partial charge in [-0.1, -0.05) is 63.0 Å². The van der Waals surface area contributed by atoms with Gasteiger partial charge in [-0.2, -0.15) is 0 Å². The Hall–Kier alpha value is -2.44. The summed E-state index contributed by atoms with van der Waals surface area (Å²) in [5.74, 6) is 2.22. The Kier molecular flexibility index (Phi) is 9.97. The highest BCUT2D eigenvalue weighted by Crippen LogP contribution is 2.64. The third-order valence-corrected chi connectivity index (χ3v) is 11.2. The standard InChI is InChI=1S/C38H53NO5/c1-2-3-4-5-6-7-8-9-10-14-30(40)15-11-13-28(24-27-17-18-27)25-34(41)43-31-20-19-29-26-32-38(42)21-12-16-33-37(38,22-23-39-32)35(29)36(31)44-33/h6-7,9-10,19-20,27-28,32-33,39,42H,2-5,8,11-18,21-26H2,1H3/b7-6-,10-9-/t28?,32?,33-,37+,38+/m0/s1. The summed E-state index contributed by atoms with van der Waals surface area (Å²) < 4.78 is 12.7. The lowest BCUT2D eigenvalue weighted by Gasteiger charge is -2.60. The molecule has 6 nitrogen and oxygen atoms in total.